The summed E-state index contributed by atoms with van der Waals surface area (Å²) >= 11 is 0.849. The summed E-state index contributed by atoms with van der Waals surface area (Å²) in [5, 5.41) is 3.57. The number of hydrogen-bond donors (Lipinski definition) is 1. The Hall–Kier alpha value is -4.77. The van der Waals surface area contributed by atoms with E-state index >= 15 is 0 Å². The Labute approximate surface area is 233 Å². The van der Waals surface area contributed by atoms with Crippen molar-refractivity contribution in [2.24, 2.45) is 7.05 Å². The summed E-state index contributed by atoms with van der Waals surface area (Å²) in [6.45, 7) is 2.59. The number of anilines is 1. The van der Waals surface area contributed by atoms with Crippen molar-refractivity contribution in [3.05, 3.63) is 86.6 Å². The Morgan fingerprint density at radius 1 is 0.900 bits per heavy atom. The van der Waals surface area contributed by atoms with Crippen LogP contribution in [0.15, 0.2) is 59.4 Å². The minimum absolute atomic E-state index is 0.00137. The van der Waals surface area contributed by atoms with Gasteiger partial charge in [-0.15, -0.1) is 11.3 Å². The molecule has 0 saturated heterocycles. The third kappa shape index (κ3) is 5.36. The second-order valence-electron chi connectivity index (χ2n) is 8.60. The molecule has 2 aromatic carbocycles. The molecule has 2 heterocycles. The lowest BCUT2D eigenvalue weighted by molar-refractivity contribution is -0.119. The van der Waals surface area contributed by atoms with E-state index in [9.17, 15) is 24.0 Å². The average molecular weight is 563 g/mol. The number of thiophene rings is 1. The van der Waals surface area contributed by atoms with Crippen molar-refractivity contribution >= 4 is 50.9 Å². The fourth-order valence-corrected chi connectivity index (χ4v) is 5.41. The molecule has 0 spiro atoms. The van der Waals surface area contributed by atoms with E-state index in [0.29, 0.717) is 27.5 Å². The fourth-order valence-electron chi connectivity index (χ4n) is 4.30. The number of rotatable bonds is 8. The summed E-state index contributed by atoms with van der Waals surface area (Å²) in [5.41, 5.74) is 1.06. The first kappa shape index (κ1) is 28.2. The number of aromatic nitrogens is 1. The minimum Gasteiger partial charge on any atom is -0.465 e. The Morgan fingerprint density at radius 2 is 1.55 bits per heavy atom. The van der Waals surface area contributed by atoms with Gasteiger partial charge in [0.15, 0.2) is 6.61 Å². The van der Waals surface area contributed by atoms with Gasteiger partial charge < -0.3 is 24.1 Å². The molecule has 4 rings (SSSR count). The van der Waals surface area contributed by atoms with Crippen molar-refractivity contribution in [2.75, 3.05) is 25.6 Å². The molecule has 4 aromatic rings. The number of pyridine rings is 1. The van der Waals surface area contributed by atoms with Crippen LogP contribution in [0.5, 0.6) is 0 Å². The molecule has 2 aromatic heterocycles. The lowest BCUT2D eigenvalue weighted by atomic mass is 9.97. The molecule has 206 valence electrons. The van der Waals surface area contributed by atoms with Gasteiger partial charge in [0.05, 0.1) is 19.3 Å². The molecule has 0 atom stereocenters. The maximum atomic E-state index is 13.4. The molecule has 11 heteroatoms. The summed E-state index contributed by atoms with van der Waals surface area (Å²) in [5.74, 6) is -3.05. The maximum absolute atomic E-state index is 13.4. The van der Waals surface area contributed by atoms with Gasteiger partial charge >= 0.3 is 17.9 Å². The van der Waals surface area contributed by atoms with E-state index in [4.69, 9.17) is 14.2 Å². The van der Waals surface area contributed by atoms with Crippen molar-refractivity contribution in [3.63, 3.8) is 0 Å². The topological polar surface area (TPSA) is 130 Å². The van der Waals surface area contributed by atoms with Gasteiger partial charge in [0, 0.05) is 18.0 Å². The predicted octanol–water partition coefficient (Wildman–Crippen LogP) is 4.33. The van der Waals surface area contributed by atoms with Crippen molar-refractivity contribution in [3.8, 4) is 11.1 Å². The molecule has 0 bridgehead atoms. The average Bonchev–Trinajstić information content (AvgIpc) is 3.28. The summed E-state index contributed by atoms with van der Waals surface area (Å²) in [6, 6.07) is 16.0. The number of carbonyl (C=O) groups is 4. The number of esters is 3. The van der Waals surface area contributed by atoms with E-state index < -0.39 is 36.0 Å². The van der Waals surface area contributed by atoms with Crippen molar-refractivity contribution in [1.82, 2.24) is 4.57 Å². The molecule has 0 aliphatic rings. The number of carbonyl (C=O) groups excluding carboxylic acids is 4. The van der Waals surface area contributed by atoms with Crippen LogP contribution < -0.4 is 10.9 Å². The van der Waals surface area contributed by atoms with E-state index in [1.165, 1.54) is 25.6 Å². The highest BCUT2D eigenvalue weighted by atomic mass is 32.1. The summed E-state index contributed by atoms with van der Waals surface area (Å²) in [7, 11) is 2.64. The zero-order valence-electron chi connectivity index (χ0n) is 22.2. The van der Waals surface area contributed by atoms with Crippen LogP contribution in [0.4, 0.5) is 5.00 Å². The van der Waals surface area contributed by atoms with E-state index in [2.05, 4.69) is 5.32 Å². The number of hydrogen-bond acceptors (Lipinski definition) is 9. The van der Waals surface area contributed by atoms with Crippen molar-refractivity contribution in [1.29, 1.82) is 0 Å². The van der Waals surface area contributed by atoms with Gasteiger partial charge in [-0.25, -0.2) is 14.4 Å². The normalized spacial score (nSPS) is 10.7. The quantitative estimate of drug-likeness (QED) is 0.248. The lowest BCUT2D eigenvalue weighted by Gasteiger charge is -2.16. The highest BCUT2D eigenvalue weighted by Crippen LogP contribution is 2.34. The number of methoxy groups -OCH3 is 1. The SMILES string of the molecule is CCOC(=O)c1sc(NC(=O)COC(=O)c2c(-c3ccccc3)c3ccccc3c(=O)n2C)c(C(=O)OC)c1C. The maximum Gasteiger partial charge on any atom is 0.356 e. The smallest absolute Gasteiger partial charge is 0.356 e. The van der Waals surface area contributed by atoms with Gasteiger partial charge in [-0.2, -0.15) is 0 Å². The van der Waals surface area contributed by atoms with Crippen molar-refractivity contribution in [2.45, 2.75) is 13.8 Å². The molecule has 0 saturated carbocycles. The Bertz CT molecular complexity index is 1690. The van der Waals surface area contributed by atoms with E-state index in [1.807, 2.05) is 30.3 Å². The number of benzene rings is 2. The van der Waals surface area contributed by atoms with E-state index in [0.717, 1.165) is 11.3 Å². The summed E-state index contributed by atoms with van der Waals surface area (Å²) < 4.78 is 16.4. The Morgan fingerprint density at radius 3 is 2.20 bits per heavy atom. The van der Waals surface area contributed by atoms with Gasteiger partial charge in [-0.3, -0.25) is 9.59 Å². The molecule has 40 heavy (non-hydrogen) atoms. The van der Waals surface area contributed by atoms with Crippen LogP contribution in [0, 0.1) is 6.92 Å². The zero-order valence-corrected chi connectivity index (χ0v) is 23.0. The van der Waals surface area contributed by atoms with Gasteiger partial charge in [-0.05, 0) is 36.4 Å². The van der Waals surface area contributed by atoms with Crippen LogP contribution in [0.2, 0.25) is 0 Å². The molecular formula is C29H26N2O8S. The number of fused-ring (bicyclic) bond motifs is 1. The standard InChI is InChI=1S/C29H26N2O8S/c1-5-38-29(36)24-16(2)21(27(34)37-4)25(40-24)30-20(32)15-39-28(35)23-22(17-11-7-6-8-12-17)18-13-9-10-14-19(18)26(33)31(23)3/h6-14H,5,15H2,1-4H3,(H,30,32). The highest BCUT2D eigenvalue weighted by molar-refractivity contribution is 7.18. The molecule has 0 aliphatic heterocycles. The number of nitrogens with one attached hydrogen (secondary N) is 1. The fraction of sp³-hybridized carbons (Fsp3) is 0.207. The van der Waals surface area contributed by atoms with E-state index in [1.54, 1.807) is 31.2 Å². The summed E-state index contributed by atoms with van der Waals surface area (Å²) in [4.78, 5) is 64.1. The van der Waals surface area contributed by atoms with Crippen LogP contribution in [0.1, 0.15) is 43.0 Å². The summed E-state index contributed by atoms with van der Waals surface area (Å²) in [6.07, 6.45) is 0. The van der Waals surface area contributed by atoms with Crippen LogP contribution in [-0.4, -0.2) is 48.7 Å². The first-order valence-corrected chi connectivity index (χ1v) is 13.0. The molecule has 0 unspecified atom stereocenters. The minimum atomic E-state index is -0.887. The monoisotopic (exact) mass is 562 g/mol. The molecule has 0 fully saturated rings. The largest absolute Gasteiger partial charge is 0.465 e. The van der Waals surface area contributed by atoms with Gasteiger partial charge in [0.25, 0.3) is 11.5 Å². The first-order chi connectivity index (χ1) is 19.2. The number of ether oxygens (including phenoxy) is 3. The Kier molecular flexibility index (Phi) is 8.44. The molecular weight excluding hydrogens is 536 g/mol. The van der Waals surface area contributed by atoms with Crippen LogP contribution in [0.3, 0.4) is 0 Å². The first-order valence-electron chi connectivity index (χ1n) is 12.2. The molecule has 10 nitrogen and oxygen atoms in total. The van der Waals surface area contributed by atoms with Gasteiger partial charge in [-0.1, -0.05) is 48.5 Å². The second-order valence-corrected chi connectivity index (χ2v) is 9.62. The molecule has 1 amide bonds. The van der Waals surface area contributed by atoms with Gasteiger partial charge in [0.2, 0.25) is 0 Å². The Balaban J connectivity index is 1.64. The predicted molar refractivity (Wildman–Crippen MR) is 150 cm³/mol. The zero-order chi connectivity index (χ0) is 29.0. The van der Waals surface area contributed by atoms with Gasteiger partial charge in [0.1, 0.15) is 15.6 Å². The van der Waals surface area contributed by atoms with E-state index in [-0.39, 0.29) is 27.7 Å². The lowest BCUT2D eigenvalue weighted by Crippen LogP contribution is -2.28. The third-order valence-electron chi connectivity index (χ3n) is 6.14. The number of nitrogens with zero attached hydrogens (tertiary/aromatic N) is 1. The molecule has 0 radical (unpaired) electrons. The number of amides is 1. The third-order valence-corrected chi connectivity index (χ3v) is 7.33. The van der Waals surface area contributed by atoms with Crippen LogP contribution in [0.25, 0.3) is 21.9 Å². The molecule has 0 aliphatic carbocycles. The molecule has 1 N–H and O–H groups in total. The van der Waals surface area contributed by atoms with Crippen LogP contribution >= 0.6 is 11.3 Å². The highest BCUT2D eigenvalue weighted by Gasteiger charge is 2.28. The second kappa shape index (κ2) is 12.0. The van der Waals surface area contributed by atoms with Crippen molar-refractivity contribution < 1.29 is 33.4 Å². The van der Waals surface area contributed by atoms with Crippen LogP contribution in [-0.2, 0) is 26.1 Å².